The van der Waals surface area contributed by atoms with E-state index in [1.807, 2.05) is 32.0 Å². The predicted molar refractivity (Wildman–Crippen MR) is 87.9 cm³/mol. The molecule has 0 saturated carbocycles. The van der Waals surface area contributed by atoms with Crippen LogP contribution in [0.4, 0.5) is 5.69 Å². The van der Waals surface area contributed by atoms with E-state index in [1.165, 1.54) is 18.2 Å². The summed E-state index contributed by atoms with van der Waals surface area (Å²) in [7, 11) is 0. The minimum absolute atomic E-state index is 0.0476. The molecule has 0 aliphatic carbocycles. The Morgan fingerprint density at radius 2 is 1.78 bits per heavy atom. The highest BCUT2D eigenvalue weighted by Gasteiger charge is 2.14. The van der Waals surface area contributed by atoms with E-state index in [-0.39, 0.29) is 11.3 Å². The third kappa shape index (κ3) is 4.72. The first kappa shape index (κ1) is 16.8. The molecule has 0 atom stereocenters. The van der Waals surface area contributed by atoms with Crippen LogP contribution in [0.15, 0.2) is 36.4 Å². The number of carbonyl (C=O) groups excluding carboxylic acids is 2. The van der Waals surface area contributed by atoms with Crippen molar-refractivity contribution >= 4 is 29.2 Å². The second-order valence-corrected chi connectivity index (χ2v) is 5.60. The van der Waals surface area contributed by atoms with E-state index in [9.17, 15) is 14.7 Å². The van der Waals surface area contributed by atoms with E-state index in [0.717, 1.165) is 11.1 Å². The molecule has 120 valence electrons. The van der Waals surface area contributed by atoms with Crippen LogP contribution in [0.25, 0.3) is 0 Å². The Kier molecular flexibility index (Phi) is 5.24. The Balaban J connectivity index is 1.94. The Labute approximate surface area is 138 Å². The van der Waals surface area contributed by atoms with Crippen molar-refractivity contribution in [3.8, 4) is 5.75 Å². The molecule has 0 radical (unpaired) electrons. The van der Waals surface area contributed by atoms with Crippen molar-refractivity contribution in [2.45, 2.75) is 13.8 Å². The van der Waals surface area contributed by atoms with E-state index >= 15 is 0 Å². The average Bonchev–Trinajstić information content (AvgIpc) is 2.43. The lowest BCUT2D eigenvalue weighted by Crippen LogP contribution is -2.21. The molecule has 2 aromatic carbocycles. The molecule has 0 aliphatic rings. The first-order valence-corrected chi connectivity index (χ1v) is 7.27. The Morgan fingerprint density at radius 3 is 2.39 bits per heavy atom. The quantitative estimate of drug-likeness (QED) is 0.840. The number of halogens is 1. The number of phenolic OH excluding ortho intramolecular Hbond substituents is 1. The third-order valence-electron chi connectivity index (χ3n) is 3.02. The summed E-state index contributed by atoms with van der Waals surface area (Å²) in [4.78, 5) is 23.7. The van der Waals surface area contributed by atoms with Gasteiger partial charge in [-0.3, -0.25) is 4.79 Å². The van der Waals surface area contributed by atoms with Crippen LogP contribution in [0, 0.1) is 13.8 Å². The summed E-state index contributed by atoms with van der Waals surface area (Å²) < 4.78 is 4.89. The molecule has 6 heteroatoms. The van der Waals surface area contributed by atoms with Gasteiger partial charge in [0.2, 0.25) is 0 Å². The number of anilines is 1. The molecular weight excluding hydrogens is 318 g/mol. The van der Waals surface area contributed by atoms with E-state index in [0.29, 0.717) is 10.7 Å². The molecule has 0 fully saturated rings. The van der Waals surface area contributed by atoms with Crippen molar-refractivity contribution in [1.82, 2.24) is 0 Å². The number of nitrogens with one attached hydrogen (secondary N) is 1. The highest BCUT2D eigenvalue weighted by atomic mass is 35.5. The van der Waals surface area contributed by atoms with Gasteiger partial charge in [-0.2, -0.15) is 0 Å². The number of aryl methyl sites for hydroxylation is 2. The van der Waals surface area contributed by atoms with E-state index in [2.05, 4.69) is 5.32 Å². The van der Waals surface area contributed by atoms with Crippen LogP contribution in [-0.2, 0) is 9.53 Å². The minimum atomic E-state index is -0.797. The van der Waals surface area contributed by atoms with Gasteiger partial charge in [-0.15, -0.1) is 0 Å². The van der Waals surface area contributed by atoms with Crippen molar-refractivity contribution in [2.75, 3.05) is 11.9 Å². The zero-order chi connectivity index (χ0) is 17.0. The van der Waals surface area contributed by atoms with E-state index in [1.54, 1.807) is 0 Å². The first-order chi connectivity index (χ1) is 10.8. The van der Waals surface area contributed by atoms with Crippen LogP contribution < -0.4 is 5.32 Å². The van der Waals surface area contributed by atoms with Gasteiger partial charge in [0.1, 0.15) is 11.3 Å². The van der Waals surface area contributed by atoms with Gasteiger partial charge in [-0.05, 0) is 55.3 Å². The van der Waals surface area contributed by atoms with Gasteiger partial charge in [-0.25, -0.2) is 4.79 Å². The molecule has 5 nitrogen and oxygen atoms in total. The molecule has 0 saturated heterocycles. The zero-order valence-corrected chi connectivity index (χ0v) is 13.5. The van der Waals surface area contributed by atoms with Gasteiger partial charge in [0.05, 0.1) is 0 Å². The average molecular weight is 334 g/mol. The van der Waals surface area contributed by atoms with Gasteiger partial charge in [0.25, 0.3) is 5.91 Å². The molecule has 0 bridgehead atoms. The molecule has 0 unspecified atom stereocenters. The van der Waals surface area contributed by atoms with Crippen LogP contribution in [0.3, 0.4) is 0 Å². The van der Waals surface area contributed by atoms with Crippen molar-refractivity contribution in [2.24, 2.45) is 0 Å². The molecule has 2 N–H and O–H groups in total. The summed E-state index contributed by atoms with van der Waals surface area (Å²) in [5.74, 6) is -1.55. The second kappa shape index (κ2) is 7.15. The fourth-order valence-corrected chi connectivity index (χ4v) is 2.30. The van der Waals surface area contributed by atoms with Crippen LogP contribution in [0.2, 0.25) is 5.02 Å². The SMILES string of the molecule is Cc1cc(C)cc(NC(=O)COC(=O)c2ccc(Cl)cc2O)c1. The largest absolute Gasteiger partial charge is 0.507 e. The highest BCUT2D eigenvalue weighted by molar-refractivity contribution is 6.30. The summed E-state index contributed by atoms with van der Waals surface area (Å²) in [6.07, 6.45) is 0. The van der Waals surface area contributed by atoms with Crippen molar-refractivity contribution < 1.29 is 19.4 Å². The van der Waals surface area contributed by atoms with E-state index in [4.69, 9.17) is 16.3 Å². The monoisotopic (exact) mass is 333 g/mol. The van der Waals surface area contributed by atoms with Crippen LogP contribution in [-0.4, -0.2) is 23.6 Å². The Hall–Kier alpha value is -2.53. The van der Waals surface area contributed by atoms with Crippen LogP contribution in [0.1, 0.15) is 21.5 Å². The maximum Gasteiger partial charge on any atom is 0.342 e. The Morgan fingerprint density at radius 1 is 1.13 bits per heavy atom. The highest BCUT2D eigenvalue weighted by Crippen LogP contribution is 2.22. The third-order valence-corrected chi connectivity index (χ3v) is 3.25. The van der Waals surface area contributed by atoms with Crippen molar-refractivity contribution in [3.05, 3.63) is 58.1 Å². The standard InChI is InChI=1S/C17H16ClNO4/c1-10-5-11(2)7-13(6-10)19-16(21)9-23-17(22)14-4-3-12(18)8-15(14)20/h3-8,20H,9H2,1-2H3,(H,19,21). The normalized spacial score (nSPS) is 10.2. The van der Waals surface area contributed by atoms with E-state index < -0.39 is 18.5 Å². The van der Waals surface area contributed by atoms with Gasteiger partial charge < -0.3 is 15.2 Å². The van der Waals surface area contributed by atoms with Gasteiger partial charge >= 0.3 is 5.97 Å². The fraction of sp³-hybridized carbons (Fsp3) is 0.176. The number of aromatic hydroxyl groups is 1. The zero-order valence-electron chi connectivity index (χ0n) is 12.7. The number of esters is 1. The first-order valence-electron chi connectivity index (χ1n) is 6.89. The number of amides is 1. The van der Waals surface area contributed by atoms with Gasteiger partial charge in [-0.1, -0.05) is 17.7 Å². The number of benzene rings is 2. The molecule has 2 aromatic rings. The lowest BCUT2D eigenvalue weighted by molar-refractivity contribution is -0.119. The number of hydrogen-bond acceptors (Lipinski definition) is 4. The van der Waals surface area contributed by atoms with Crippen LogP contribution in [0.5, 0.6) is 5.75 Å². The topological polar surface area (TPSA) is 75.6 Å². The van der Waals surface area contributed by atoms with Gasteiger partial charge in [0, 0.05) is 10.7 Å². The summed E-state index contributed by atoms with van der Waals surface area (Å²) in [6, 6.07) is 9.64. The van der Waals surface area contributed by atoms with Crippen LogP contribution >= 0.6 is 11.6 Å². The number of phenols is 1. The molecular formula is C17H16ClNO4. The molecule has 0 heterocycles. The summed E-state index contributed by atoms with van der Waals surface area (Å²) >= 11 is 5.69. The summed E-state index contributed by atoms with van der Waals surface area (Å²) in [5.41, 5.74) is 2.62. The fourth-order valence-electron chi connectivity index (χ4n) is 2.13. The number of hydrogen-bond donors (Lipinski definition) is 2. The maximum atomic E-state index is 11.8. The molecule has 0 aliphatic heterocycles. The number of carbonyl (C=O) groups is 2. The lowest BCUT2D eigenvalue weighted by atomic mass is 10.1. The van der Waals surface area contributed by atoms with Crippen molar-refractivity contribution in [3.63, 3.8) is 0 Å². The maximum absolute atomic E-state index is 11.8. The van der Waals surface area contributed by atoms with Gasteiger partial charge in [0.15, 0.2) is 6.61 Å². The Bertz CT molecular complexity index is 738. The van der Waals surface area contributed by atoms with Crippen molar-refractivity contribution in [1.29, 1.82) is 0 Å². The molecule has 23 heavy (non-hydrogen) atoms. The smallest absolute Gasteiger partial charge is 0.342 e. The number of rotatable bonds is 4. The molecule has 2 rings (SSSR count). The summed E-state index contributed by atoms with van der Waals surface area (Å²) in [5, 5.41) is 12.6. The summed E-state index contributed by atoms with van der Waals surface area (Å²) in [6.45, 7) is 3.39. The predicted octanol–water partition coefficient (Wildman–Crippen LogP) is 3.46. The molecule has 0 aromatic heterocycles. The molecule has 0 spiro atoms. The second-order valence-electron chi connectivity index (χ2n) is 5.16. The minimum Gasteiger partial charge on any atom is -0.507 e. The lowest BCUT2D eigenvalue weighted by Gasteiger charge is -2.09. The molecule has 1 amide bonds. The number of ether oxygens (including phenoxy) is 1.